The smallest absolute Gasteiger partial charge is 0.226 e. The zero-order valence-electron chi connectivity index (χ0n) is 11.1. The zero-order valence-corrected chi connectivity index (χ0v) is 12.6. The van der Waals surface area contributed by atoms with Gasteiger partial charge in [-0.05, 0) is 37.2 Å². The molecule has 1 unspecified atom stereocenters. The van der Waals surface area contributed by atoms with E-state index in [4.69, 9.17) is 4.74 Å². The number of rotatable bonds is 5. The Bertz CT molecular complexity index is 416. The summed E-state index contributed by atoms with van der Waals surface area (Å²) in [6, 6.07) is 7.70. The summed E-state index contributed by atoms with van der Waals surface area (Å²) in [5, 5.41) is 3.21. The molecule has 1 N–H and O–H groups in total. The number of carbonyl (C=O) groups excluding carboxylic acids is 1. The van der Waals surface area contributed by atoms with E-state index in [0.29, 0.717) is 13.2 Å². The molecule has 0 radical (unpaired) electrons. The van der Waals surface area contributed by atoms with E-state index in [0.717, 1.165) is 29.7 Å². The number of amides is 1. The molecule has 1 aliphatic rings. The first-order valence-electron chi connectivity index (χ1n) is 6.51. The normalized spacial score (nSPS) is 18.3. The third kappa shape index (κ3) is 4.21. The molecular formula is C14H19BrN2O2. The van der Waals surface area contributed by atoms with E-state index in [-0.39, 0.29) is 11.8 Å². The molecule has 1 aromatic carbocycles. The van der Waals surface area contributed by atoms with E-state index in [1.54, 1.807) is 4.90 Å². The van der Waals surface area contributed by atoms with Gasteiger partial charge in [-0.3, -0.25) is 4.79 Å². The van der Waals surface area contributed by atoms with E-state index in [2.05, 4.69) is 21.2 Å². The van der Waals surface area contributed by atoms with Gasteiger partial charge in [0.2, 0.25) is 5.91 Å². The van der Waals surface area contributed by atoms with Gasteiger partial charge >= 0.3 is 0 Å². The lowest BCUT2D eigenvalue weighted by Crippen LogP contribution is -2.36. The van der Waals surface area contributed by atoms with Crippen LogP contribution in [0.3, 0.4) is 0 Å². The summed E-state index contributed by atoms with van der Waals surface area (Å²) < 4.78 is 6.64. The molecule has 0 saturated carbocycles. The second kappa shape index (κ2) is 6.91. The molecular weight excluding hydrogens is 308 g/mol. The van der Waals surface area contributed by atoms with Gasteiger partial charge in [-0.1, -0.05) is 15.9 Å². The summed E-state index contributed by atoms with van der Waals surface area (Å²) in [6.07, 6.45) is 0.941. The third-order valence-electron chi connectivity index (χ3n) is 3.29. The van der Waals surface area contributed by atoms with E-state index < -0.39 is 0 Å². The summed E-state index contributed by atoms with van der Waals surface area (Å²) in [5.41, 5.74) is 0. The van der Waals surface area contributed by atoms with Gasteiger partial charge in [0.05, 0.1) is 12.5 Å². The number of ether oxygens (including phenoxy) is 1. The number of carbonyl (C=O) groups is 1. The summed E-state index contributed by atoms with van der Waals surface area (Å²) in [6.45, 7) is 2.88. The minimum Gasteiger partial charge on any atom is -0.492 e. The highest BCUT2D eigenvalue weighted by atomic mass is 79.9. The fourth-order valence-corrected chi connectivity index (χ4v) is 2.38. The average molecular weight is 327 g/mol. The molecule has 1 aromatic rings. The highest BCUT2D eigenvalue weighted by Crippen LogP contribution is 2.16. The largest absolute Gasteiger partial charge is 0.492 e. The van der Waals surface area contributed by atoms with Gasteiger partial charge in [0.1, 0.15) is 12.4 Å². The van der Waals surface area contributed by atoms with Crippen molar-refractivity contribution >= 4 is 21.8 Å². The van der Waals surface area contributed by atoms with Crippen LogP contribution >= 0.6 is 15.9 Å². The Hall–Kier alpha value is -1.07. The van der Waals surface area contributed by atoms with Crippen LogP contribution in [-0.2, 0) is 4.79 Å². The highest BCUT2D eigenvalue weighted by molar-refractivity contribution is 9.10. The summed E-state index contributed by atoms with van der Waals surface area (Å²) in [7, 11) is 1.84. The lowest BCUT2D eigenvalue weighted by Gasteiger charge is -2.20. The van der Waals surface area contributed by atoms with Crippen molar-refractivity contribution < 1.29 is 9.53 Å². The number of halogens is 1. The molecule has 1 fully saturated rings. The van der Waals surface area contributed by atoms with Crippen molar-refractivity contribution in [1.82, 2.24) is 10.2 Å². The number of likely N-dealkylation sites (N-methyl/N-ethyl adjacent to an activating group) is 1. The van der Waals surface area contributed by atoms with Crippen LogP contribution in [0.4, 0.5) is 0 Å². The van der Waals surface area contributed by atoms with Crippen LogP contribution in [0.1, 0.15) is 6.42 Å². The van der Waals surface area contributed by atoms with Crippen molar-refractivity contribution in [3.63, 3.8) is 0 Å². The predicted molar refractivity (Wildman–Crippen MR) is 78.3 cm³/mol. The first kappa shape index (κ1) is 14.3. The van der Waals surface area contributed by atoms with Crippen molar-refractivity contribution in [3.05, 3.63) is 28.7 Å². The maximum Gasteiger partial charge on any atom is 0.226 e. The van der Waals surface area contributed by atoms with E-state index in [1.165, 1.54) is 0 Å². The van der Waals surface area contributed by atoms with E-state index in [9.17, 15) is 4.79 Å². The van der Waals surface area contributed by atoms with Crippen LogP contribution in [0.25, 0.3) is 0 Å². The van der Waals surface area contributed by atoms with Crippen LogP contribution in [0.5, 0.6) is 5.75 Å². The summed E-state index contributed by atoms with van der Waals surface area (Å²) in [5.74, 6) is 1.17. The Morgan fingerprint density at radius 2 is 2.21 bits per heavy atom. The van der Waals surface area contributed by atoms with Gasteiger partial charge in [0, 0.05) is 18.1 Å². The Morgan fingerprint density at radius 3 is 2.84 bits per heavy atom. The number of nitrogens with zero attached hydrogens (tertiary/aromatic N) is 1. The maximum atomic E-state index is 12.1. The van der Waals surface area contributed by atoms with Crippen LogP contribution < -0.4 is 10.1 Å². The van der Waals surface area contributed by atoms with Gasteiger partial charge in [-0.2, -0.15) is 0 Å². The number of nitrogens with one attached hydrogen (secondary N) is 1. The van der Waals surface area contributed by atoms with Crippen LogP contribution in [-0.4, -0.2) is 44.1 Å². The van der Waals surface area contributed by atoms with Crippen molar-refractivity contribution in [2.24, 2.45) is 5.92 Å². The molecule has 2 rings (SSSR count). The predicted octanol–water partition coefficient (Wildman–Crippen LogP) is 1.90. The molecule has 5 heteroatoms. The summed E-state index contributed by atoms with van der Waals surface area (Å²) in [4.78, 5) is 13.8. The Balaban J connectivity index is 1.72. The van der Waals surface area contributed by atoms with Gasteiger partial charge in [0.25, 0.3) is 0 Å². The molecule has 1 saturated heterocycles. The number of hydrogen-bond acceptors (Lipinski definition) is 3. The van der Waals surface area contributed by atoms with Crippen LogP contribution in [0, 0.1) is 5.92 Å². The topological polar surface area (TPSA) is 41.6 Å². The minimum absolute atomic E-state index is 0.137. The van der Waals surface area contributed by atoms with E-state index in [1.807, 2.05) is 31.3 Å². The molecule has 19 heavy (non-hydrogen) atoms. The molecule has 0 aliphatic carbocycles. The monoisotopic (exact) mass is 326 g/mol. The molecule has 1 atom stereocenters. The Morgan fingerprint density at radius 1 is 1.47 bits per heavy atom. The number of benzene rings is 1. The molecule has 4 nitrogen and oxygen atoms in total. The fourth-order valence-electron chi connectivity index (χ4n) is 2.12. The average Bonchev–Trinajstić information content (AvgIpc) is 2.94. The van der Waals surface area contributed by atoms with Gasteiger partial charge in [-0.25, -0.2) is 0 Å². The van der Waals surface area contributed by atoms with Crippen molar-refractivity contribution in [1.29, 1.82) is 0 Å². The Labute approximate surface area is 122 Å². The first-order valence-corrected chi connectivity index (χ1v) is 7.30. The van der Waals surface area contributed by atoms with Crippen molar-refractivity contribution in [2.45, 2.75) is 6.42 Å². The molecule has 1 aliphatic heterocycles. The highest BCUT2D eigenvalue weighted by Gasteiger charge is 2.24. The lowest BCUT2D eigenvalue weighted by atomic mass is 10.1. The summed E-state index contributed by atoms with van der Waals surface area (Å²) >= 11 is 3.38. The Kier molecular flexibility index (Phi) is 5.22. The lowest BCUT2D eigenvalue weighted by molar-refractivity contribution is -0.133. The second-order valence-electron chi connectivity index (χ2n) is 4.75. The molecule has 0 aromatic heterocycles. The quantitative estimate of drug-likeness (QED) is 0.898. The second-order valence-corrected chi connectivity index (χ2v) is 5.67. The molecule has 0 spiro atoms. The fraction of sp³-hybridized carbons (Fsp3) is 0.500. The van der Waals surface area contributed by atoms with Crippen LogP contribution in [0.15, 0.2) is 28.7 Å². The van der Waals surface area contributed by atoms with Crippen molar-refractivity contribution in [2.75, 3.05) is 33.3 Å². The zero-order chi connectivity index (χ0) is 13.7. The molecule has 0 bridgehead atoms. The maximum absolute atomic E-state index is 12.1. The minimum atomic E-state index is 0.137. The van der Waals surface area contributed by atoms with Crippen molar-refractivity contribution in [3.8, 4) is 5.75 Å². The number of hydrogen-bond donors (Lipinski definition) is 1. The first-order chi connectivity index (χ1) is 9.16. The molecule has 1 amide bonds. The van der Waals surface area contributed by atoms with Gasteiger partial charge in [-0.15, -0.1) is 0 Å². The van der Waals surface area contributed by atoms with Gasteiger partial charge < -0.3 is 15.0 Å². The SMILES string of the molecule is CN(CCOc1ccc(Br)cc1)C(=O)C1CCNC1. The molecule has 104 valence electrons. The third-order valence-corrected chi connectivity index (χ3v) is 3.82. The van der Waals surface area contributed by atoms with Crippen LogP contribution in [0.2, 0.25) is 0 Å². The van der Waals surface area contributed by atoms with Gasteiger partial charge in [0.15, 0.2) is 0 Å². The van der Waals surface area contributed by atoms with E-state index >= 15 is 0 Å². The standard InChI is InChI=1S/C14H19BrN2O2/c1-17(14(18)11-6-7-16-10-11)8-9-19-13-4-2-12(15)3-5-13/h2-5,11,16H,6-10H2,1H3. The molecule has 1 heterocycles.